The third kappa shape index (κ3) is 4.68. The number of methoxy groups -OCH3 is 2. The third-order valence-corrected chi connectivity index (χ3v) is 3.23. The Hall–Kier alpha value is -2.19. The van der Waals surface area contributed by atoms with E-state index in [1.807, 2.05) is 13.0 Å². The van der Waals surface area contributed by atoms with Gasteiger partial charge in [-0.3, -0.25) is 4.79 Å². The lowest BCUT2D eigenvalue weighted by atomic mass is 10.1. The van der Waals surface area contributed by atoms with E-state index in [9.17, 15) is 4.79 Å². The molecule has 0 saturated heterocycles. The lowest BCUT2D eigenvalue weighted by Crippen LogP contribution is -2.25. The highest BCUT2D eigenvalue weighted by molar-refractivity contribution is 6.32. The Morgan fingerprint density at radius 3 is 2.68 bits per heavy atom. The van der Waals surface area contributed by atoms with Crippen molar-refractivity contribution in [3.63, 3.8) is 0 Å². The minimum Gasteiger partial charge on any atom is -0.493 e. The van der Waals surface area contributed by atoms with Crippen molar-refractivity contribution in [3.05, 3.63) is 28.3 Å². The highest BCUT2D eigenvalue weighted by Gasteiger charge is 2.12. The second-order valence-electron chi connectivity index (χ2n) is 4.52. The zero-order chi connectivity index (χ0) is 16.5. The van der Waals surface area contributed by atoms with Gasteiger partial charge in [-0.25, -0.2) is 0 Å². The topological polar surface area (TPSA) is 71.4 Å². The maximum Gasteiger partial charge on any atom is 0.261 e. The molecule has 0 radical (unpaired) electrons. The molecule has 0 aliphatic heterocycles. The van der Waals surface area contributed by atoms with E-state index >= 15 is 0 Å². The molecule has 0 heterocycles. The van der Waals surface area contributed by atoms with E-state index in [2.05, 4.69) is 5.32 Å². The molecule has 0 fully saturated rings. The average molecular weight is 323 g/mol. The molecule has 0 aliphatic rings. The van der Waals surface area contributed by atoms with Crippen molar-refractivity contribution in [3.8, 4) is 17.6 Å². The van der Waals surface area contributed by atoms with Gasteiger partial charge in [0, 0.05) is 6.54 Å². The molecule has 1 aromatic rings. The molecule has 1 N–H and O–H groups in total. The monoisotopic (exact) mass is 322 g/mol. The van der Waals surface area contributed by atoms with Crippen LogP contribution in [0.4, 0.5) is 0 Å². The SMILES string of the molecule is CCCCNC(=O)/C(C#N)=C/c1cc(Cl)c(OC)c(OC)c1. The van der Waals surface area contributed by atoms with Gasteiger partial charge >= 0.3 is 0 Å². The summed E-state index contributed by atoms with van der Waals surface area (Å²) in [4.78, 5) is 11.9. The molecule has 6 heteroatoms. The molecule has 1 amide bonds. The largest absolute Gasteiger partial charge is 0.493 e. The summed E-state index contributed by atoms with van der Waals surface area (Å²) in [6, 6.07) is 5.16. The van der Waals surface area contributed by atoms with E-state index in [4.69, 9.17) is 26.3 Å². The molecule has 0 aromatic heterocycles. The van der Waals surface area contributed by atoms with Crippen molar-refractivity contribution in [1.29, 1.82) is 5.26 Å². The number of nitrogens with zero attached hydrogens (tertiary/aromatic N) is 1. The Morgan fingerprint density at radius 1 is 1.41 bits per heavy atom. The van der Waals surface area contributed by atoms with Crippen LogP contribution in [0.15, 0.2) is 17.7 Å². The number of nitriles is 1. The lowest BCUT2D eigenvalue weighted by Gasteiger charge is -2.10. The Kier molecular flexibility index (Phi) is 7.27. The van der Waals surface area contributed by atoms with Gasteiger partial charge in [0.25, 0.3) is 5.91 Å². The summed E-state index contributed by atoms with van der Waals surface area (Å²) < 4.78 is 10.3. The van der Waals surface area contributed by atoms with E-state index in [0.717, 1.165) is 12.8 Å². The molecule has 0 saturated carbocycles. The Balaban J connectivity index is 3.06. The minimum atomic E-state index is -0.401. The van der Waals surface area contributed by atoms with Crippen LogP contribution in [0, 0.1) is 11.3 Å². The first-order chi connectivity index (χ1) is 10.6. The van der Waals surface area contributed by atoms with Crippen LogP contribution >= 0.6 is 11.6 Å². The van der Waals surface area contributed by atoms with Crippen LogP contribution in [0.1, 0.15) is 25.3 Å². The number of carbonyl (C=O) groups is 1. The number of ether oxygens (including phenoxy) is 2. The summed E-state index contributed by atoms with van der Waals surface area (Å²) in [5.74, 6) is 0.444. The van der Waals surface area contributed by atoms with Crippen molar-refractivity contribution in [2.75, 3.05) is 20.8 Å². The minimum absolute atomic E-state index is 0.0133. The summed E-state index contributed by atoms with van der Waals surface area (Å²) in [5, 5.41) is 12.2. The van der Waals surface area contributed by atoms with Crippen LogP contribution in [0.3, 0.4) is 0 Å². The van der Waals surface area contributed by atoms with Crippen LogP contribution in [-0.4, -0.2) is 26.7 Å². The maximum atomic E-state index is 11.9. The summed E-state index contributed by atoms with van der Waals surface area (Å²) in [7, 11) is 2.98. The molecule has 1 rings (SSSR count). The Labute approximate surface area is 135 Å². The van der Waals surface area contributed by atoms with Gasteiger partial charge in [0.2, 0.25) is 0 Å². The fourth-order valence-corrected chi connectivity index (χ4v) is 2.11. The second kappa shape index (κ2) is 8.96. The molecule has 118 valence electrons. The molecule has 0 bridgehead atoms. The highest BCUT2D eigenvalue weighted by atomic mass is 35.5. The van der Waals surface area contributed by atoms with E-state index in [0.29, 0.717) is 28.6 Å². The summed E-state index contributed by atoms with van der Waals surface area (Å²) >= 11 is 6.10. The van der Waals surface area contributed by atoms with Crippen molar-refractivity contribution in [2.45, 2.75) is 19.8 Å². The number of unbranched alkanes of at least 4 members (excludes halogenated alkanes) is 1. The molecule has 0 unspecified atom stereocenters. The van der Waals surface area contributed by atoms with E-state index in [1.54, 1.807) is 12.1 Å². The average Bonchev–Trinajstić information content (AvgIpc) is 2.51. The number of nitrogens with one attached hydrogen (secondary N) is 1. The van der Waals surface area contributed by atoms with Gasteiger partial charge in [-0.1, -0.05) is 24.9 Å². The smallest absolute Gasteiger partial charge is 0.261 e. The molecular formula is C16H19ClN2O3. The van der Waals surface area contributed by atoms with Crippen molar-refractivity contribution in [1.82, 2.24) is 5.32 Å². The van der Waals surface area contributed by atoms with Gasteiger partial charge < -0.3 is 14.8 Å². The van der Waals surface area contributed by atoms with Crippen LogP contribution in [0.5, 0.6) is 11.5 Å². The van der Waals surface area contributed by atoms with Crippen LogP contribution in [0.2, 0.25) is 5.02 Å². The molecular weight excluding hydrogens is 304 g/mol. The second-order valence-corrected chi connectivity index (χ2v) is 4.92. The van der Waals surface area contributed by atoms with Gasteiger partial charge in [0.1, 0.15) is 11.6 Å². The van der Waals surface area contributed by atoms with E-state index in [1.165, 1.54) is 20.3 Å². The number of amides is 1. The number of hydrogen-bond donors (Lipinski definition) is 1. The highest BCUT2D eigenvalue weighted by Crippen LogP contribution is 2.36. The van der Waals surface area contributed by atoms with Crippen molar-refractivity contribution < 1.29 is 14.3 Å². The third-order valence-electron chi connectivity index (χ3n) is 2.95. The first kappa shape index (κ1) is 17.9. The van der Waals surface area contributed by atoms with Crippen LogP contribution in [0.25, 0.3) is 6.08 Å². The summed E-state index contributed by atoms with van der Waals surface area (Å²) in [6.45, 7) is 2.57. The predicted molar refractivity (Wildman–Crippen MR) is 86.1 cm³/mol. The first-order valence-electron chi connectivity index (χ1n) is 6.88. The quantitative estimate of drug-likeness (QED) is 0.475. The Bertz CT molecular complexity index is 606. The van der Waals surface area contributed by atoms with E-state index < -0.39 is 5.91 Å². The molecule has 5 nitrogen and oxygen atoms in total. The number of hydrogen-bond acceptors (Lipinski definition) is 4. The van der Waals surface area contributed by atoms with Crippen LogP contribution in [-0.2, 0) is 4.79 Å². The predicted octanol–water partition coefficient (Wildman–Crippen LogP) is 3.18. The molecule has 1 aromatic carbocycles. The van der Waals surface area contributed by atoms with Gasteiger partial charge in [0.15, 0.2) is 11.5 Å². The molecule has 22 heavy (non-hydrogen) atoms. The van der Waals surface area contributed by atoms with Crippen molar-refractivity contribution >= 4 is 23.6 Å². The zero-order valence-electron chi connectivity index (χ0n) is 12.9. The van der Waals surface area contributed by atoms with Gasteiger partial charge in [-0.05, 0) is 30.2 Å². The standard InChI is InChI=1S/C16H19ClN2O3/c1-4-5-6-19-16(20)12(10-18)7-11-8-13(17)15(22-3)14(9-11)21-2/h7-9H,4-6H2,1-3H3,(H,19,20)/b12-7+. The molecule has 0 aliphatic carbocycles. The Morgan fingerprint density at radius 2 is 2.14 bits per heavy atom. The maximum absolute atomic E-state index is 11.9. The fraction of sp³-hybridized carbons (Fsp3) is 0.375. The number of benzene rings is 1. The molecule has 0 spiro atoms. The number of rotatable bonds is 7. The van der Waals surface area contributed by atoms with Gasteiger partial charge in [-0.2, -0.15) is 5.26 Å². The van der Waals surface area contributed by atoms with Gasteiger partial charge in [-0.15, -0.1) is 0 Å². The van der Waals surface area contributed by atoms with Crippen LogP contribution < -0.4 is 14.8 Å². The van der Waals surface area contributed by atoms with Crippen molar-refractivity contribution in [2.24, 2.45) is 0 Å². The summed E-state index contributed by atoms with van der Waals surface area (Å²) in [5.41, 5.74) is 0.601. The summed E-state index contributed by atoms with van der Waals surface area (Å²) in [6.07, 6.45) is 3.30. The number of carbonyl (C=O) groups excluding carboxylic acids is 1. The first-order valence-corrected chi connectivity index (χ1v) is 7.26. The zero-order valence-corrected chi connectivity index (χ0v) is 13.7. The van der Waals surface area contributed by atoms with Gasteiger partial charge in [0.05, 0.1) is 19.2 Å². The normalized spacial score (nSPS) is 10.8. The van der Waals surface area contributed by atoms with E-state index in [-0.39, 0.29) is 5.57 Å². The number of halogens is 1. The lowest BCUT2D eigenvalue weighted by molar-refractivity contribution is -0.117. The molecule has 0 atom stereocenters. The fourth-order valence-electron chi connectivity index (χ4n) is 1.81.